The van der Waals surface area contributed by atoms with E-state index in [4.69, 9.17) is 0 Å². The number of hydrogen-bond acceptors (Lipinski definition) is 3. The van der Waals surface area contributed by atoms with Crippen LogP contribution in [0.5, 0.6) is 0 Å². The normalized spacial score (nSPS) is 14.9. The maximum atomic E-state index is 9.19. The topological polar surface area (TPSA) is 36.4 Å². The van der Waals surface area contributed by atoms with E-state index in [0.717, 1.165) is 37.3 Å². The van der Waals surface area contributed by atoms with Gasteiger partial charge in [0.2, 0.25) is 0 Å². The van der Waals surface area contributed by atoms with Crippen molar-refractivity contribution in [3.63, 3.8) is 0 Å². The number of anilines is 1. The summed E-state index contributed by atoms with van der Waals surface area (Å²) in [6.45, 7) is 1.98. The van der Waals surface area contributed by atoms with Crippen molar-refractivity contribution in [1.29, 1.82) is 0 Å². The van der Waals surface area contributed by atoms with Crippen LogP contribution in [-0.2, 0) is 19.6 Å². The van der Waals surface area contributed by atoms with Gasteiger partial charge in [0.05, 0.1) is 12.3 Å². The van der Waals surface area contributed by atoms with Crippen molar-refractivity contribution in [2.45, 2.75) is 26.0 Å². The van der Waals surface area contributed by atoms with Gasteiger partial charge in [0.25, 0.3) is 0 Å². The summed E-state index contributed by atoms with van der Waals surface area (Å²) in [6, 6.07) is 12.7. The van der Waals surface area contributed by atoms with Gasteiger partial charge in [-0.2, -0.15) is 0 Å². The van der Waals surface area contributed by atoms with Crippen molar-refractivity contribution in [2.75, 3.05) is 11.4 Å². The van der Waals surface area contributed by atoms with E-state index in [1.54, 1.807) is 6.20 Å². The summed E-state index contributed by atoms with van der Waals surface area (Å²) in [4.78, 5) is 6.51. The molecule has 98 valence electrons. The van der Waals surface area contributed by atoms with E-state index in [2.05, 4.69) is 34.1 Å². The van der Waals surface area contributed by atoms with Gasteiger partial charge in [0.1, 0.15) is 0 Å². The molecule has 1 aromatic heterocycles. The third-order valence-electron chi connectivity index (χ3n) is 3.68. The standard InChI is InChI=1S/C16H18N2O/c19-12-15-10-16(7-8-17-15)18-9-3-6-13-4-1-2-5-14(13)11-18/h1-2,4-5,7-8,10,19H,3,6,9,11-12H2. The van der Waals surface area contributed by atoms with E-state index in [9.17, 15) is 5.11 Å². The summed E-state index contributed by atoms with van der Waals surface area (Å²) in [6.07, 6.45) is 4.08. The van der Waals surface area contributed by atoms with Gasteiger partial charge < -0.3 is 10.0 Å². The monoisotopic (exact) mass is 254 g/mol. The number of aromatic nitrogens is 1. The molecule has 1 aromatic carbocycles. The number of rotatable bonds is 2. The molecule has 3 rings (SSSR count). The van der Waals surface area contributed by atoms with E-state index in [1.165, 1.54) is 11.1 Å². The van der Waals surface area contributed by atoms with Gasteiger partial charge in [-0.3, -0.25) is 4.98 Å². The van der Waals surface area contributed by atoms with Gasteiger partial charge in [0, 0.05) is 25.0 Å². The summed E-state index contributed by atoms with van der Waals surface area (Å²) in [7, 11) is 0. The quantitative estimate of drug-likeness (QED) is 0.894. The van der Waals surface area contributed by atoms with Crippen LogP contribution in [0.3, 0.4) is 0 Å². The van der Waals surface area contributed by atoms with Crippen LogP contribution in [0.4, 0.5) is 5.69 Å². The Hall–Kier alpha value is -1.87. The molecule has 0 saturated heterocycles. The molecular formula is C16H18N2O. The molecule has 1 aliphatic rings. The minimum Gasteiger partial charge on any atom is -0.390 e. The van der Waals surface area contributed by atoms with Crippen molar-refractivity contribution < 1.29 is 5.11 Å². The highest BCUT2D eigenvalue weighted by molar-refractivity contribution is 5.48. The molecule has 0 spiro atoms. The first kappa shape index (κ1) is 12.2. The van der Waals surface area contributed by atoms with Gasteiger partial charge in [-0.25, -0.2) is 0 Å². The fourth-order valence-corrected chi connectivity index (χ4v) is 2.67. The predicted molar refractivity (Wildman–Crippen MR) is 76.0 cm³/mol. The number of pyridine rings is 1. The number of hydrogen-bond donors (Lipinski definition) is 1. The second-order valence-corrected chi connectivity index (χ2v) is 4.96. The lowest BCUT2D eigenvalue weighted by atomic mass is 10.0. The lowest BCUT2D eigenvalue weighted by Gasteiger charge is -2.23. The van der Waals surface area contributed by atoms with Gasteiger partial charge >= 0.3 is 0 Å². The van der Waals surface area contributed by atoms with Crippen LogP contribution in [0.15, 0.2) is 42.6 Å². The highest BCUT2D eigenvalue weighted by Gasteiger charge is 2.14. The molecule has 0 unspecified atom stereocenters. The third-order valence-corrected chi connectivity index (χ3v) is 3.68. The maximum Gasteiger partial charge on any atom is 0.0853 e. The van der Waals surface area contributed by atoms with Crippen LogP contribution in [0.2, 0.25) is 0 Å². The summed E-state index contributed by atoms with van der Waals surface area (Å²) in [5.74, 6) is 0. The Balaban J connectivity index is 1.89. The Morgan fingerprint density at radius 2 is 2.00 bits per heavy atom. The minimum absolute atomic E-state index is 0.00172. The molecule has 3 heteroatoms. The zero-order valence-corrected chi connectivity index (χ0v) is 10.9. The molecule has 19 heavy (non-hydrogen) atoms. The fraction of sp³-hybridized carbons (Fsp3) is 0.312. The minimum atomic E-state index is -0.00172. The van der Waals surface area contributed by atoms with Crippen LogP contribution in [0.25, 0.3) is 0 Å². The molecule has 0 bridgehead atoms. The zero-order chi connectivity index (χ0) is 13.1. The smallest absolute Gasteiger partial charge is 0.0853 e. The molecule has 2 heterocycles. The molecule has 1 aliphatic heterocycles. The number of fused-ring (bicyclic) bond motifs is 1. The van der Waals surface area contributed by atoms with Crippen LogP contribution >= 0.6 is 0 Å². The Kier molecular flexibility index (Phi) is 3.47. The molecule has 0 fully saturated rings. The Morgan fingerprint density at radius 1 is 1.16 bits per heavy atom. The van der Waals surface area contributed by atoms with Gasteiger partial charge in [-0.05, 0) is 36.1 Å². The van der Waals surface area contributed by atoms with Gasteiger partial charge in [-0.1, -0.05) is 24.3 Å². The van der Waals surface area contributed by atoms with E-state index in [0.29, 0.717) is 0 Å². The second kappa shape index (κ2) is 5.41. The molecule has 1 N–H and O–H groups in total. The van der Waals surface area contributed by atoms with Crippen molar-refractivity contribution in [3.8, 4) is 0 Å². The summed E-state index contributed by atoms with van der Waals surface area (Å²) in [5.41, 5.74) is 4.74. The maximum absolute atomic E-state index is 9.19. The fourth-order valence-electron chi connectivity index (χ4n) is 2.67. The molecule has 0 aliphatic carbocycles. The first-order valence-electron chi connectivity index (χ1n) is 6.74. The van der Waals surface area contributed by atoms with E-state index < -0.39 is 0 Å². The average Bonchev–Trinajstić information content (AvgIpc) is 2.69. The summed E-state index contributed by atoms with van der Waals surface area (Å²) < 4.78 is 0. The second-order valence-electron chi connectivity index (χ2n) is 4.96. The third kappa shape index (κ3) is 2.61. The average molecular weight is 254 g/mol. The number of aliphatic hydroxyl groups is 1. The first-order chi connectivity index (χ1) is 9.36. The molecule has 2 aromatic rings. The molecule has 3 nitrogen and oxygen atoms in total. The Labute approximate surface area is 113 Å². The first-order valence-corrected chi connectivity index (χ1v) is 6.74. The van der Waals surface area contributed by atoms with Crippen molar-refractivity contribution >= 4 is 5.69 Å². The van der Waals surface area contributed by atoms with Crippen molar-refractivity contribution in [1.82, 2.24) is 4.98 Å². The summed E-state index contributed by atoms with van der Waals surface area (Å²) >= 11 is 0. The van der Waals surface area contributed by atoms with E-state index in [1.807, 2.05) is 12.1 Å². The molecular weight excluding hydrogens is 236 g/mol. The molecule has 0 amide bonds. The Morgan fingerprint density at radius 3 is 2.84 bits per heavy atom. The molecule has 0 radical (unpaired) electrons. The largest absolute Gasteiger partial charge is 0.390 e. The van der Waals surface area contributed by atoms with Crippen molar-refractivity contribution in [3.05, 3.63) is 59.4 Å². The lowest BCUT2D eigenvalue weighted by molar-refractivity contribution is 0.277. The lowest BCUT2D eigenvalue weighted by Crippen LogP contribution is -2.22. The SMILES string of the molecule is OCc1cc(N2CCCc3ccccc3C2)ccn1. The zero-order valence-electron chi connectivity index (χ0n) is 10.9. The van der Waals surface area contributed by atoms with E-state index in [-0.39, 0.29) is 6.61 Å². The van der Waals surface area contributed by atoms with Gasteiger partial charge in [0.15, 0.2) is 0 Å². The molecule has 0 saturated carbocycles. The number of nitrogens with zero attached hydrogens (tertiary/aromatic N) is 2. The van der Waals surface area contributed by atoms with E-state index >= 15 is 0 Å². The highest BCUT2D eigenvalue weighted by atomic mass is 16.3. The highest BCUT2D eigenvalue weighted by Crippen LogP contribution is 2.23. The number of aryl methyl sites for hydroxylation is 1. The number of aliphatic hydroxyl groups excluding tert-OH is 1. The van der Waals surface area contributed by atoms with Crippen LogP contribution in [0.1, 0.15) is 23.2 Å². The predicted octanol–water partition coefficient (Wildman–Crippen LogP) is 2.53. The van der Waals surface area contributed by atoms with Crippen molar-refractivity contribution in [2.24, 2.45) is 0 Å². The van der Waals surface area contributed by atoms with Crippen LogP contribution < -0.4 is 4.90 Å². The van der Waals surface area contributed by atoms with Crippen LogP contribution in [0, 0.1) is 0 Å². The summed E-state index contributed by atoms with van der Waals surface area (Å²) in [5, 5.41) is 9.19. The Bertz CT molecular complexity index is 568. The molecule has 0 atom stereocenters. The van der Waals surface area contributed by atoms with Gasteiger partial charge in [-0.15, -0.1) is 0 Å². The number of benzene rings is 1. The van der Waals surface area contributed by atoms with Crippen LogP contribution in [-0.4, -0.2) is 16.6 Å².